The van der Waals surface area contributed by atoms with Crippen molar-refractivity contribution < 1.29 is 28.9 Å². The van der Waals surface area contributed by atoms with Crippen molar-refractivity contribution in [2.45, 2.75) is 57.0 Å². The summed E-state index contributed by atoms with van der Waals surface area (Å²) in [5.74, 6) is 2.03. The van der Waals surface area contributed by atoms with Crippen LogP contribution in [0.5, 0.6) is 0 Å². The van der Waals surface area contributed by atoms with Gasteiger partial charge in [-0.05, 0) is 57.0 Å². The van der Waals surface area contributed by atoms with Gasteiger partial charge in [-0.1, -0.05) is 12.8 Å². The van der Waals surface area contributed by atoms with Crippen molar-refractivity contribution in [2.24, 2.45) is 11.8 Å². The van der Waals surface area contributed by atoms with Crippen LogP contribution in [0.4, 0.5) is 0 Å². The average Bonchev–Trinajstić information content (AvgIpc) is 2.46. The third-order valence-electron chi connectivity index (χ3n) is 5.96. The Bertz CT molecular complexity index is 345. The molecule has 0 radical (unpaired) electrons. The molecule has 4 aliphatic heterocycles. The first-order valence-electron chi connectivity index (χ1n) is 8.56. The van der Waals surface area contributed by atoms with E-state index in [9.17, 15) is 0 Å². The Balaban J connectivity index is 0.000000254. The fourth-order valence-corrected chi connectivity index (χ4v) is 5.25. The SMILES string of the molecule is C1CCN2CC3CC(CN4CCCCC34)C2C1.[O-][Cl+](O)(O)O. The normalized spacial score (nSPS) is 40.0. The number of hydrogen-bond donors (Lipinski definition) is 3. The molecular formula is C15H29ClN2O4. The number of fused-ring (bicyclic) bond motifs is 6. The fourth-order valence-electron chi connectivity index (χ4n) is 5.25. The number of halogens is 1. The van der Waals surface area contributed by atoms with Crippen molar-refractivity contribution in [1.29, 1.82) is 0 Å². The fraction of sp³-hybridized carbons (Fsp3) is 1.00. The third kappa shape index (κ3) is 4.12. The molecule has 0 spiro atoms. The first-order valence-corrected chi connectivity index (χ1v) is 9.88. The average molecular weight is 337 g/mol. The Labute approximate surface area is 134 Å². The maximum absolute atomic E-state index is 8.83. The molecule has 6 nitrogen and oxygen atoms in total. The molecule has 4 aliphatic rings. The molecule has 0 aromatic heterocycles. The summed E-state index contributed by atoms with van der Waals surface area (Å²) in [5.41, 5.74) is 0. The molecule has 0 aliphatic carbocycles. The molecular weight excluding hydrogens is 308 g/mol. The summed E-state index contributed by atoms with van der Waals surface area (Å²) in [7, 11) is -4.19. The van der Waals surface area contributed by atoms with Crippen LogP contribution in [0.2, 0.25) is 0 Å². The molecule has 0 saturated carbocycles. The van der Waals surface area contributed by atoms with Crippen molar-refractivity contribution >= 4 is 0 Å². The molecule has 2 bridgehead atoms. The quantitative estimate of drug-likeness (QED) is 0.552. The van der Waals surface area contributed by atoms with E-state index >= 15 is 0 Å². The van der Waals surface area contributed by atoms with Crippen LogP contribution in [-0.2, 0) is 0 Å². The van der Waals surface area contributed by atoms with Crippen LogP contribution in [0.25, 0.3) is 0 Å². The molecule has 130 valence electrons. The van der Waals surface area contributed by atoms with Gasteiger partial charge >= 0.3 is 28.9 Å². The van der Waals surface area contributed by atoms with Crippen molar-refractivity contribution in [2.75, 3.05) is 26.2 Å². The number of piperidine rings is 4. The molecule has 0 aromatic carbocycles. The number of nitrogens with zero attached hydrogens (tertiary/aromatic N) is 2. The second-order valence-corrected chi connectivity index (χ2v) is 8.17. The molecule has 4 fully saturated rings. The van der Waals surface area contributed by atoms with Gasteiger partial charge in [-0.15, -0.1) is 0 Å². The summed E-state index contributed by atoms with van der Waals surface area (Å²) >= 11 is 0. The van der Waals surface area contributed by atoms with Crippen molar-refractivity contribution in [3.05, 3.63) is 0 Å². The third-order valence-corrected chi connectivity index (χ3v) is 5.96. The predicted octanol–water partition coefficient (Wildman–Crippen LogP) is -0.515. The van der Waals surface area contributed by atoms with E-state index in [1.54, 1.807) is 6.42 Å². The van der Waals surface area contributed by atoms with Gasteiger partial charge in [0, 0.05) is 25.2 Å². The van der Waals surface area contributed by atoms with Crippen molar-refractivity contribution in [1.82, 2.24) is 9.80 Å². The molecule has 4 unspecified atom stereocenters. The Hall–Kier alpha value is 0.0500. The zero-order valence-corrected chi connectivity index (χ0v) is 13.9. The van der Waals surface area contributed by atoms with Gasteiger partial charge < -0.3 is 0 Å². The van der Waals surface area contributed by atoms with Gasteiger partial charge in [0.05, 0.1) is 0 Å². The van der Waals surface area contributed by atoms with Gasteiger partial charge in [0.15, 0.2) is 0 Å². The van der Waals surface area contributed by atoms with Crippen LogP contribution < -0.4 is 4.66 Å². The van der Waals surface area contributed by atoms with E-state index in [1.807, 2.05) is 0 Å². The summed E-state index contributed by atoms with van der Waals surface area (Å²) < 4.78 is 30.2. The summed E-state index contributed by atoms with van der Waals surface area (Å²) in [4.78, 5) is 5.74. The van der Waals surface area contributed by atoms with Gasteiger partial charge in [0.2, 0.25) is 0 Å². The first kappa shape index (κ1) is 16.9. The van der Waals surface area contributed by atoms with Crippen LogP contribution >= 0.6 is 0 Å². The predicted molar refractivity (Wildman–Crippen MR) is 76.7 cm³/mol. The van der Waals surface area contributed by atoms with E-state index < -0.39 is 10.2 Å². The number of hydrogen-bond acceptors (Lipinski definition) is 6. The van der Waals surface area contributed by atoms with Crippen LogP contribution in [0, 0.1) is 22.1 Å². The maximum atomic E-state index is 8.83. The monoisotopic (exact) mass is 336 g/mol. The minimum atomic E-state index is -4.19. The van der Waals surface area contributed by atoms with Gasteiger partial charge in [0.1, 0.15) is 0 Å². The number of rotatable bonds is 0. The van der Waals surface area contributed by atoms with Crippen LogP contribution in [0.15, 0.2) is 0 Å². The van der Waals surface area contributed by atoms with Gasteiger partial charge in [0.25, 0.3) is 0 Å². The topological polar surface area (TPSA) is 90.2 Å². The molecule has 4 heterocycles. The van der Waals surface area contributed by atoms with E-state index in [2.05, 4.69) is 9.80 Å². The second kappa shape index (κ2) is 6.89. The minimum absolute atomic E-state index is 0.961. The Morgan fingerprint density at radius 3 is 1.59 bits per heavy atom. The molecule has 0 amide bonds. The van der Waals surface area contributed by atoms with Gasteiger partial charge in [-0.3, -0.25) is 9.80 Å². The molecule has 4 atom stereocenters. The van der Waals surface area contributed by atoms with Gasteiger partial charge in [-0.25, -0.2) is 0 Å². The Morgan fingerprint density at radius 1 is 0.773 bits per heavy atom. The molecule has 22 heavy (non-hydrogen) atoms. The van der Waals surface area contributed by atoms with E-state index in [0.717, 1.165) is 23.9 Å². The molecule has 0 aromatic rings. The molecule has 4 rings (SSSR count). The van der Waals surface area contributed by atoms with Crippen LogP contribution in [0.1, 0.15) is 44.9 Å². The van der Waals surface area contributed by atoms with Gasteiger partial charge in [-0.2, -0.15) is 0 Å². The van der Waals surface area contributed by atoms with Crippen molar-refractivity contribution in [3.8, 4) is 0 Å². The summed E-state index contributed by atoms with van der Waals surface area (Å²) in [6, 6.07) is 1.92. The standard InChI is InChI=1S/C15H26N2.ClH3O4/c1-3-7-16-11-13-9-12(14(16)5-1)10-17-8-4-2-6-15(13)17;2-1(3,4)5/h12-15H,1-11H2;2-4H. The summed E-state index contributed by atoms with van der Waals surface area (Å²) in [5, 5.41) is 0. The second-order valence-electron chi connectivity index (χ2n) is 7.31. The van der Waals surface area contributed by atoms with E-state index in [4.69, 9.17) is 18.6 Å². The summed E-state index contributed by atoms with van der Waals surface area (Å²) in [6.07, 6.45) is 10.5. The molecule has 3 N–H and O–H groups in total. The first-order chi connectivity index (χ1) is 10.4. The van der Waals surface area contributed by atoms with Crippen molar-refractivity contribution in [3.63, 3.8) is 0 Å². The molecule has 7 heteroatoms. The Morgan fingerprint density at radius 2 is 1.18 bits per heavy atom. The van der Waals surface area contributed by atoms with E-state index in [-0.39, 0.29) is 0 Å². The van der Waals surface area contributed by atoms with Crippen LogP contribution in [0.3, 0.4) is 0 Å². The molecule has 4 saturated heterocycles. The van der Waals surface area contributed by atoms with E-state index in [0.29, 0.717) is 0 Å². The Kier molecular flexibility index (Phi) is 5.29. The van der Waals surface area contributed by atoms with Crippen LogP contribution in [-0.4, -0.2) is 62.0 Å². The van der Waals surface area contributed by atoms with E-state index in [1.165, 1.54) is 64.7 Å². The zero-order valence-electron chi connectivity index (χ0n) is 13.1. The summed E-state index contributed by atoms with van der Waals surface area (Å²) in [6.45, 7) is 5.68. The zero-order chi connectivity index (χ0) is 15.7.